The number of benzene rings is 3. The van der Waals surface area contributed by atoms with E-state index in [0.29, 0.717) is 11.1 Å². The second-order valence-electron chi connectivity index (χ2n) is 8.78. The van der Waals surface area contributed by atoms with Crippen LogP contribution in [0.3, 0.4) is 0 Å². The van der Waals surface area contributed by atoms with Crippen LogP contribution in [0.25, 0.3) is 22.3 Å². The lowest BCUT2D eigenvalue weighted by atomic mass is 9.83. The van der Waals surface area contributed by atoms with E-state index >= 15 is 0 Å². The molecular formula is C27H31F2NO2. The molecule has 32 heavy (non-hydrogen) atoms. The number of alkyl halides is 2. The van der Waals surface area contributed by atoms with Crippen LogP contribution in [-0.4, -0.2) is 25.8 Å². The van der Waals surface area contributed by atoms with Gasteiger partial charge in [-0.05, 0) is 46.2 Å². The first kappa shape index (κ1) is 23.6. The molecule has 0 atom stereocenters. The summed E-state index contributed by atoms with van der Waals surface area (Å²) in [5, 5.41) is 11.3. The van der Waals surface area contributed by atoms with Gasteiger partial charge in [0.15, 0.2) is 0 Å². The molecule has 3 aromatic carbocycles. The summed E-state index contributed by atoms with van der Waals surface area (Å²) in [5.41, 5.74) is 5.59. The molecular weight excluding hydrogens is 408 g/mol. The molecule has 0 aliphatic carbocycles. The average molecular weight is 440 g/mol. The van der Waals surface area contributed by atoms with E-state index in [4.69, 9.17) is 4.74 Å². The van der Waals surface area contributed by atoms with Crippen LogP contribution in [0.2, 0.25) is 0 Å². The van der Waals surface area contributed by atoms with E-state index in [9.17, 15) is 13.9 Å². The molecule has 0 radical (unpaired) electrons. The van der Waals surface area contributed by atoms with Crippen molar-refractivity contribution in [1.82, 2.24) is 0 Å². The highest BCUT2D eigenvalue weighted by Crippen LogP contribution is 2.50. The number of anilines is 1. The van der Waals surface area contributed by atoms with Crippen LogP contribution in [0.4, 0.5) is 14.5 Å². The Hall–Kier alpha value is -3.08. The molecule has 3 rings (SSSR count). The van der Waals surface area contributed by atoms with Crippen molar-refractivity contribution < 1.29 is 18.6 Å². The summed E-state index contributed by atoms with van der Waals surface area (Å²) in [7, 11) is 3.86. The molecule has 5 heteroatoms. The van der Waals surface area contributed by atoms with Crippen molar-refractivity contribution in [2.24, 2.45) is 0 Å². The van der Waals surface area contributed by atoms with Gasteiger partial charge < -0.3 is 14.7 Å². The zero-order valence-corrected chi connectivity index (χ0v) is 19.5. The van der Waals surface area contributed by atoms with Crippen molar-refractivity contribution in [3.8, 4) is 33.8 Å². The minimum absolute atomic E-state index is 0.0250. The highest BCUT2D eigenvalue weighted by Gasteiger charge is 2.26. The minimum Gasteiger partial charge on any atom is -0.507 e. The van der Waals surface area contributed by atoms with Gasteiger partial charge in [0.05, 0.1) is 0 Å². The van der Waals surface area contributed by atoms with Crippen molar-refractivity contribution in [3.05, 3.63) is 65.7 Å². The molecule has 3 nitrogen and oxygen atoms in total. The first-order valence-electron chi connectivity index (χ1n) is 10.8. The number of hydrogen-bond donors (Lipinski definition) is 1. The number of phenolic OH excluding ortho intramolecular Hbond substituents is 1. The Kier molecular flexibility index (Phi) is 7.07. The largest absolute Gasteiger partial charge is 0.507 e. The Morgan fingerprint density at radius 1 is 0.844 bits per heavy atom. The highest BCUT2D eigenvalue weighted by molar-refractivity contribution is 5.95. The topological polar surface area (TPSA) is 32.7 Å². The van der Waals surface area contributed by atoms with Gasteiger partial charge >= 0.3 is 6.61 Å². The number of nitrogens with zero attached hydrogens (tertiary/aromatic N) is 1. The second kappa shape index (κ2) is 9.60. The summed E-state index contributed by atoms with van der Waals surface area (Å²) in [4.78, 5) is 1.96. The highest BCUT2D eigenvalue weighted by atomic mass is 19.3. The summed E-state index contributed by atoms with van der Waals surface area (Å²) in [5.74, 6) is 0.373. The number of halogens is 2. The van der Waals surface area contributed by atoms with E-state index in [-0.39, 0.29) is 23.3 Å². The smallest absolute Gasteiger partial charge is 0.387 e. The third kappa shape index (κ3) is 4.72. The molecule has 0 aromatic heterocycles. The summed E-state index contributed by atoms with van der Waals surface area (Å²) in [6.45, 7) is 5.30. The van der Waals surface area contributed by atoms with Crippen LogP contribution in [0.15, 0.2) is 54.6 Å². The van der Waals surface area contributed by atoms with Gasteiger partial charge in [-0.25, -0.2) is 0 Å². The van der Waals surface area contributed by atoms with E-state index in [2.05, 4.69) is 13.8 Å². The number of hydrogen-bond acceptors (Lipinski definition) is 3. The molecule has 0 spiro atoms. The maximum atomic E-state index is 13.3. The molecule has 0 saturated carbocycles. The van der Waals surface area contributed by atoms with Gasteiger partial charge in [0.25, 0.3) is 0 Å². The van der Waals surface area contributed by atoms with Crippen molar-refractivity contribution in [2.45, 2.75) is 46.1 Å². The third-order valence-corrected chi connectivity index (χ3v) is 5.60. The molecule has 0 amide bonds. The van der Waals surface area contributed by atoms with E-state index < -0.39 is 6.61 Å². The van der Waals surface area contributed by atoms with Crippen molar-refractivity contribution in [3.63, 3.8) is 0 Å². The molecule has 0 heterocycles. The fourth-order valence-corrected chi connectivity index (χ4v) is 4.10. The first-order chi connectivity index (χ1) is 15.1. The fourth-order valence-electron chi connectivity index (χ4n) is 4.10. The minimum atomic E-state index is -2.97. The molecule has 170 valence electrons. The standard InChI is InChI=1S/C27H31F2NO2/c1-16(2)19-12-13-23(32-27(28)29)20(14-19)26-22(31)15-21(30(5)6)24(17(3)4)25(26)18-10-8-7-9-11-18/h7-17,27,31H,1-6H3. The van der Waals surface area contributed by atoms with Crippen LogP contribution in [0, 0.1) is 0 Å². The SMILES string of the molecule is CC(C)c1ccc(OC(F)F)c(-c2c(O)cc(N(C)C)c(C(C)C)c2-c2ccccc2)c1. The monoisotopic (exact) mass is 439 g/mol. The van der Waals surface area contributed by atoms with Crippen LogP contribution < -0.4 is 9.64 Å². The van der Waals surface area contributed by atoms with Crippen molar-refractivity contribution in [1.29, 1.82) is 0 Å². The van der Waals surface area contributed by atoms with Gasteiger partial charge in [-0.15, -0.1) is 0 Å². The zero-order chi connectivity index (χ0) is 23.6. The van der Waals surface area contributed by atoms with Gasteiger partial charge in [-0.2, -0.15) is 8.78 Å². The Balaban J connectivity index is 2.49. The van der Waals surface area contributed by atoms with E-state index in [1.165, 1.54) is 0 Å². The fraction of sp³-hybridized carbons (Fsp3) is 0.333. The number of ether oxygens (including phenoxy) is 1. The number of rotatable bonds is 7. The van der Waals surface area contributed by atoms with E-state index in [1.54, 1.807) is 18.2 Å². The lowest BCUT2D eigenvalue weighted by Gasteiger charge is -2.27. The summed E-state index contributed by atoms with van der Waals surface area (Å²) < 4.78 is 31.5. The maximum Gasteiger partial charge on any atom is 0.387 e. The predicted octanol–water partition coefficient (Wildman–Crippen LogP) is 7.64. The summed E-state index contributed by atoms with van der Waals surface area (Å²) in [6, 6.07) is 16.7. The molecule has 0 saturated heterocycles. The summed E-state index contributed by atoms with van der Waals surface area (Å²) >= 11 is 0. The van der Waals surface area contributed by atoms with Crippen LogP contribution in [0.1, 0.15) is 50.7 Å². The normalized spacial score (nSPS) is 11.5. The predicted molar refractivity (Wildman–Crippen MR) is 128 cm³/mol. The third-order valence-electron chi connectivity index (χ3n) is 5.60. The van der Waals surface area contributed by atoms with Crippen molar-refractivity contribution >= 4 is 5.69 Å². The van der Waals surface area contributed by atoms with Crippen molar-refractivity contribution in [2.75, 3.05) is 19.0 Å². The first-order valence-corrected chi connectivity index (χ1v) is 10.8. The van der Waals surface area contributed by atoms with Gasteiger partial charge in [0, 0.05) is 37.0 Å². The molecule has 3 aromatic rings. The molecule has 0 unspecified atom stereocenters. The van der Waals surface area contributed by atoms with Crippen LogP contribution >= 0.6 is 0 Å². The van der Waals surface area contributed by atoms with Gasteiger partial charge in [0.1, 0.15) is 11.5 Å². The summed E-state index contributed by atoms with van der Waals surface area (Å²) in [6.07, 6.45) is 0. The molecule has 0 fully saturated rings. The average Bonchev–Trinajstić information content (AvgIpc) is 2.73. The Morgan fingerprint density at radius 3 is 2.03 bits per heavy atom. The molecule has 0 aliphatic rings. The van der Waals surface area contributed by atoms with Gasteiger partial charge in [0.2, 0.25) is 0 Å². The molecule has 0 bridgehead atoms. The van der Waals surface area contributed by atoms with Crippen LogP contribution in [-0.2, 0) is 0 Å². The lowest BCUT2D eigenvalue weighted by molar-refractivity contribution is -0.0494. The van der Waals surface area contributed by atoms with Gasteiger partial charge in [-0.1, -0.05) is 64.1 Å². The number of aromatic hydroxyl groups is 1. The molecule has 0 aliphatic heterocycles. The van der Waals surface area contributed by atoms with Crippen LogP contribution in [0.5, 0.6) is 11.5 Å². The maximum absolute atomic E-state index is 13.3. The Morgan fingerprint density at radius 2 is 1.50 bits per heavy atom. The lowest BCUT2D eigenvalue weighted by Crippen LogP contribution is -2.13. The van der Waals surface area contributed by atoms with E-state index in [0.717, 1.165) is 27.9 Å². The Bertz CT molecular complexity index is 1080. The second-order valence-corrected chi connectivity index (χ2v) is 8.78. The number of phenols is 1. The molecule has 1 N–H and O–H groups in total. The van der Waals surface area contributed by atoms with Gasteiger partial charge in [-0.3, -0.25) is 0 Å². The Labute approximate surface area is 189 Å². The van der Waals surface area contributed by atoms with E-state index in [1.807, 2.05) is 69.2 Å². The quantitative estimate of drug-likeness (QED) is 0.410. The zero-order valence-electron chi connectivity index (χ0n) is 19.5.